The van der Waals surface area contributed by atoms with E-state index >= 15 is 0 Å². The highest BCUT2D eigenvalue weighted by Crippen LogP contribution is 2.18. The van der Waals surface area contributed by atoms with E-state index in [-0.39, 0.29) is 0 Å². The fraction of sp³-hybridized carbons (Fsp3) is 0.933. The summed E-state index contributed by atoms with van der Waals surface area (Å²) in [6.07, 6.45) is 12.4. The Morgan fingerprint density at radius 3 is 1.93 bits per heavy atom. The highest BCUT2D eigenvalue weighted by molar-refractivity contribution is 4.56. The van der Waals surface area contributed by atoms with Crippen LogP contribution in [0.1, 0.15) is 78.6 Å². The molecule has 0 amide bonds. The van der Waals surface area contributed by atoms with Gasteiger partial charge in [0.15, 0.2) is 0 Å². The van der Waals surface area contributed by atoms with E-state index in [0.29, 0.717) is 0 Å². The quantitative estimate of drug-likeness (QED) is 0.411. The summed E-state index contributed by atoms with van der Waals surface area (Å²) in [4.78, 5) is 0. The fourth-order valence-corrected chi connectivity index (χ4v) is 1.96. The molecule has 0 bridgehead atoms. The minimum Gasteiger partial charge on any atom is -0.0628 e. The van der Waals surface area contributed by atoms with Crippen molar-refractivity contribution in [2.24, 2.45) is 11.8 Å². The van der Waals surface area contributed by atoms with E-state index in [0.717, 1.165) is 18.3 Å². The van der Waals surface area contributed by atoms with Gasteiger partial charge in [-0.1, -0.05) is 85.5 Å². The molecular weight excluding hydrogens is 180 g/mol. The van der Waals surface area contributed by atoms with Crippen LogP contribution in [-0.4, -0.2) is 0 Å². The molecule has 0 spiro atoms. The van der Waals surface area contributed by atoms with Gasteiger partial charge in [0, 0.05) is 0 Å². The van der Waals surface area contributed by atoms with E-state index < -0.39 is 0 Å². The zero-order valence-electron chi connectivity index (χ0n) is 11.2. The third-order valence-corrected chi connectivity index (χ3v) is 3.18. The standard InChI is InChI=1S/C15H31/c1-5-6-7-8-9-10-11-15(4)13-12-14(2)3/h14-15H,1,5-13H2,2-4H3. The number of hydrogen-bond acceptors (Lipinski definition) is 0. The van der Waals surface area contributed by atoms with Crippen LogP contribution < -0.4 is 0 Å². The zero-order chi connectivity index (χ0) is 11.5. The van der Waals surface area contributed by atoms with E-state index in [1.165, 1.54) is 51.4 Å². The molecule has 0 nitrogen and oxygen atoms in total. The van der Waals surface area contributed by atoms with Crippen molar-refractivity contribution in [3.05, 3.63) is 6.92 Å². The lowest BCUT2D eigenvalue weighted by molar-refractivity contribution is 0.410. The molecule has 0 fully saturated rings. The van der Waals surface area contributed by atoms with Crippen LogP contribution in [0.25, 0.3) is 0 Å². The maximum atomic E-state index is 3.87. The van der Waals surface area contributed by atoms with Gasteiger partial charge in [0.2, 0.25) is 0 Å². The zero-order valence-corrected chi connectivity index (χ0v) is 11.2. The Labute approximate surface area is 97.8 Å². The van der Waals surface area contributed by atoms with Crippen molar-refractivity contribution in [3.8, 4) is 0 Å². The van der Waals surface area contributed by atoms with Crippen molar-refractivity contribution < 1.29 is 0 Å². The van der Waals surface area contributed by atoms with Gasteiger partial charge in [-0.05, 0) is 11.8 Å². The molecule has 0 heteroatoms. The van der Waals surface area contributed by atoms with Crippen molar-refractivity contribution in [2.75, 3.05) is 0 Å². The molecule has 0 aliphatic heterocycles. The van der Waals surface area contributed by atoms with E-state index in [1.807, 2.05) is 0 Å². The van der Waals surface area contributed by atoms with Gasteiger partial charge < -0.3 is 0 Å². The molecule has 91 valence electrons. The van der Waals surface area contributed by atoms with Crippen LogP contribution in [0.15, 0.2) is 0 Å². The van der Waals surface area contributed by atoms with Crippen LogP contribution in [0.3, 0.4) is 0 Å². The molecule has 0 aliphatic carbocycles. The summed E-state index contributed by atoms with van der Waals surface area (Å²) < 4.78 is 0. The topological polar surface area (TPSA) is 0 Å². The van der Waals surface area contributed by atoms with Crippen LogP contribution >= 0.6 is 0 Å². The molecule has 1 atom stereocenters. The normalized spacial score (nSPS) is 13.4. The van der Waals surface area contributed by atoms with Gasteiger partial charge in [0.05, 0.1) is 0 Å². The van der Waals surface area contributed by atoms with Crippen LogP contribution in [0.5, 0.6) is 0 Å². The molecule has 0 N–H and O–H groups in total. The Kier molecular flexibility index (Phi) is 10.5. The minimum atomic E-state index is 0.879. The Balaban J connectivity index is 3.13. The van der Waals surface area contributed by atoms with Crippen molar-refractivity contribution in [3.63, 3.8) is 0 Å². The summed E-state index contributed by atoms with van der Waals surface area (Å²) in [5.74, 6) is 1.82. The predicted octanol–water partition coefficient (Wildman–Crippen LogP) is 5.62. The lowest BCUT2D eigenvalue weighted by atomic mass is 9.94. The first-order valence-corrected chi connectivity index (χ1v) is 6.96. The van der Waals surface area contributed by atoms with Gasteiger partial charge in [-0.2, -0.15) is 0 Å². The van der Waals surface area contributed by atoms with Gasteiger partial charge in [0.25, 0.3) is 0 Å². The van der Waals surface area contributed by atoms with Crippen molar-refractivity contribution in [1.29, 1.82) is 0 Å². The van der Waals surface area contributed by atoms with Crippen LogP contribution in [0.2, 0.25) is 0 Å². The van der Waals surface area contributed by atoms with Gasteiger partial charge in [-0.25, -0.2) is 0 Å². The second-order valence-electron chi connectivity index (χ2n) is 5.49. The summed E-state index contributed by atoms with van der Waals surface area (Å²) in [5.41, 5.74) is 0. The lowest BCUT2D eigenvalue weighted by Crippen LogP contribution is -1.98. The highest BCUT2D eigenvalue weighted by atomic mass is 14.1. The average molecular weight is 211 g/mol. The van der Waals surface area contributed by atoms with E-state index in [9.17, 15) is 0 Å². The van der Waals surface area contributed by atoms with E-state index in [2.05, 4.69) is 27.7 Å². The molecule has 15 heavy (non-hydrogen) atoms. The van der Waals surface area contributed by atoms with Gasteiger partial charge >= 0.3 is 0 Å². The predicted molar refractivity (Wildman–Crippen MR) is 70.9 cm³/mol. The lowest BCUT2D eigenvalue weighted by Gasteiger charge is -2.12. The Morgan fingerprint density at radius 1 is 0.733 bits per heavy atom. The Morgan fingerprint density at radius 2 is 1.33 bits per heavy atom. The molecular formula is C15H31. The molecule has 0 heterocycles. The first-order chi connectivity index (χ1) is 7.16. The van der Waals surface area contributed by atoms with Crippen molar-refractivity contribution in [2.45, 2.75) is 78.6 Å². The molecule has 0 aromatic heterocycles. The third-order valence-electron chi connectivity index (χ3n) is 3.18. The first-order valence-electron chi connectivity index (χ1n) is 6.96. The Hall–Kier alpha value is 0. The van der Waals surface area contributed by atoms with Crippen molar-refractivity contribution in [1.82, 2.24) is 0 Å². The molecule has 0 aromatic rings. The van der Waals surface area contributed by atoms with Crippen LogP contribution in [-0.2, 0) is 0 Å². The number of rotatable bonds is 10. The summed E-state index contributed by atoms with van der Waals surface area (Å²) in [6.45, 7) is 10.9. The van der Waals surface area contributed by atoms with Crippen LogP contribution in [0, 0.1) is 18.8 Å². The minimum absolute atomic E-state index is 0.879. The monoisotopic (exact) mass is 211 g/mol. The van der Waals surface area contributed by atoms with E-state index in [1.54, 1.807) is 0 Å². The van der Waals surface area contributed by atoms with Crippen molar-refractivity contribution >= 4 is 0 Å². The summed E-state index contributed by atoms with van der Waals surface area (Å²) in [5, 5.41) is 0. The maximum absolute atomic E-state index is 3.87. The maximum Gasteiger partial charge on any atom is -0.0443 e. The van der Waals surface area contributed by atoms with E-state index in [4.69, 9.17) is 0 Å². The Bertz CT molecular complexity index is 115. The fourth-order valence-electron chi connectivity index (χ4n) is 1.96. The summed E-state index contributed by atoms with van der Waals surface area (Å²) >= 11 is 0. The number of unbranched alkanes of at least 4 members (excludes halogenated alkanes) is 5. The largest absolute Gasteiger partial charge is 0.0628 e. The molecule has 0 saturated carbocycles. The van der Waals surface area contributed by atoms with Crippen LogP contribution in [0.4, 0.5) is 0 Å². The summed E-state index contributed by atoms with van der Waals surface area (Å²) in [6, 6.07) is 0. The summed E-state index contributed by atoms with van der Waals surface area (Å²) in [7, 11) is 0. The molecule has 1 radical (unpaired) electrons. The molecule has 0 rings (SSSR count). The van der Waals surface area contributed by atoms with Gasteiger partial charge in [-0.3, -0.25) is 0 Å². The molecule has 0 saturated heterocycles. The number of hydrogen-bond donors (Lipinski definition) is 0. The highest BCUT2D eigenvalue weighted by Gasteiger charge is 2.03. The third kappa shape index (κ3) is 11.9. The van der Waals surface area contributed by atoms with Gasteiger partial charge in [0.1, 0.15) is 0 Å². The first kappa shape index (κ1) is 15.0. The molecule has 1 unspecified atom stereocenters. The second-order valence-corrected chi connectivity index (χ2v) is 5.49. The van der Waals surface area contributed by atoms with Gasteiger partial charge in [-0.15, -0.1) is 0 Å². The molecule has 0 aliphatic rings. The second kappa shape index (κ2) is 10.5. The molecule has 0 aromatic carbocycles. The smallest absolute Gasteiger partial charge is 0.0443 e. The average Bonchev–Trinajstić information content (AvgIpc) is 2.20. The SMILES string of the molecule is [CH2]CCCCCCCC(C)CCC(C)C.